The van der Waals surface area contributed by atoms with Crippen molar-refractivity contribution < 1.29 is 17.9 Å². The summed E-state index contributed by atoms with van der Waals surface area (Å²) in [5, 5.41) is 3.20. The average Bonchev–Trinajstić information content (AvgIpc) is 2.46. The van der Waals surface area contributed by atoms with E-state index in [1.165, 1.54) is 0 Å². The van der Waals surface area contributed by atoms with E-state index >= 15 is 0 Å². The fourth-order valence-corrected chi connectivity index (χ4v) is 2.58. The molecule has 0 spiro atoms. The van der Waals surface area contributed by atoms with Gasteiger partial charge in [0.1, 0.15) is 11.5 Å². The van der Waals surface area contributed by atoms with Crippen LogP contribution >= 0.6 is 0 Å². The van der Waals surface area contributed by atoms with Crippen molar-refractivity contribution in [3.63, 3.8) is 0 Å². The quantitative estimate of drug-likeness (QED) is 0.793. The van der Waals surface area contributed by atoms with Crippen LogP contribution in [0.4, 0.5) is 0 Å². The van der Waals surface area contributed by atoms with Gasteiger partial charge in [-0.25, -0.2) is 8.42 Å². The second-order valence-electron chi connectivity index (χ2n) is 4.52. The highest BCUT2D eigenvalue weighted by Crippen LogP contribution is 2.29. The Labute approximate surface area is 121 Å². The van der Waals surface area contributed by atoms with E-state index in [0.29, 0.717) is 6.54 Å². The summed E-state index contributed by atoms with van der Waals surface area (Å²) in [6.07, 6.45) is 0. The Hall–Kier alpha value is -1.27. The largest absolute Gasteiger partial charge is 0.497 e. The van der Waals surface area contributed by atoms with Crippen molar-refractivity contribution in [2.75, 3.05) is 32.3 Å². The Bertz CT molecular complexity index is 528. The number of hydrogen-bond acceptors (Lipinski definition) is 5. The van der Waals surface area contributed by atoms with E-state index in [1.54, 1.807) is 21.1 Å². The zero-order valence-corrected chi connectivity index (χ0v) is 13.3. The third kappa shape index (κ3) is 4.68. The molecule has 0 saturated carbocycles. The van der Waals surface area contributed by atoms with E-state index in [2.05, 4.69) is 5.32 Å². The zero-order chi connectivity index (χ0) is 15.2. The van der Waals surface area contributed by atoms with Crippen molar-refractivity contribution in [3.8, 4) is 11.5 Å². The average molecular weight is 301 g/mol. The van der Waals surface area contributed by atoms with Gasteiger partial charge in [-0.1, -0.05) is 6.92 Å². The van der Waals surface area contributed by atoms with Gasteiger partial charge in [0.25, 0.3) is 0 Å². The maximum absolute atomic E-state index is 11.5. The number of hydrogen-bond donors (Lipinski definition) is 1. The first-order valence-corrected chi connectivity index (χ1v) is 8.41. The number of nitrogens with one attached hydrogen (secondary N) is 1. The Kier molecular flexibility index (Phi) is 6.29. The Morgan fingerprint density at radius 1 is 1.25 bits per heavy atom. The van der Waals surface area contributed by atoms with Crippen molar-refractivity contribution in [3.05, 3.63) is 23.8 Å². The van der Waals surface area contributed by atoms with Crippen LogP contribution in [0, 0.1) is 0 Å². The number of methoxy groups -OCH3 is 2. The summed E-state index contributed by atoms with van der Waals surface area (Å²) in [4.78, 5) is 0. The molecule has 1 unspecified atom stereocenters. The smallest absolute Gasteiger partial charge is 0.151 e. The molecule has 0 aliphatic carbocycles. The second-order valence-corrected chi connectivity index (χ2v) is 6.99. The highest BCUT2D eigenvalue weighted by atomic mass is 32.2. The van der Waals surface area contributed by atoms with Gasteiger partial charge in [-0.3, -0.25) is 0 Å². The summed E-state index contributed by atoms with van der Waals surface area (Å²) >= 11 is 0. The van der Waals surface area contributed by atoms with Gasteiger partial charge in [0.2, 0.25) is 0 Å². The maximum Gasteiger partial charge on any atom is 0.151 e. The van der Waals surface area contributed by atoms with Gasteiger partial charge in [0.05, 0.1) is 20.0 Å². The van der Waals surface area contributed by atoms with Gasteiger partial charge >= 0.3 is 0 Å². The minimum Gasteiger partial charge on any atom is -0.497 e. The highest BCUT2D eigenvalue weighted by molar-refractivity contribution is 7.91. The normalized spacial score (nSPS) is 13.0. The zero-order valence-electron chi connectivity index (χ0n) is 12.5. The molecule has 114 valence electrons. The minimum absolute atomic E-state index is 0.0212. The lowest BCUT2D eigenvalue weighted by molar-refractivity contribution is 0.392. The SMILES string of the molecule is CCS(=O)(=O)CCNC(C)c1cc(OC)ccc1OC. The first-order chi connectivity index (χ1) is 9.43. The number of sulfone groups is 1. The van der Waals surface area contributed by atoms with E-state index in [4.69, 9.17) is 9.47 Å². The first kappa shape index (κ1) is 16.8. The Morgan fingerprint density at radius 3 is 2.50 bits per heavy atom. The van der Waals surface area contributed by atoms with E-state index in [1.807, 2.05) is 25.1 Å². The number of ether oxygens (including phenoxy) is 2. The van der Waals surface area contributed by atoms with Gasteiger partial charge in [0.15, 0.2) is 9.84 Å². The number of rotatable bonds is 8. The van der Waals surface area contributed by atoms with Crippen LogP contribution in [-0.2, 0) is 9.84 Å². The molecule has 1 aromatic carbocycles. The van der Waals surface area contributed by atoms with E-state index in [0.717, 1.165) is 17.1 Å². The summed E-state index contributed by atoms with van der Waals surface area (Å²) in [7, 11) is 0.275. The molecule has 0 fully saturated rings. The van der Waals surface area contributed by atoms with Crippen molar-refractivity contribution in [2.45, 2.75) is 19.9 Å². The molecule has 0 bridgehead atoms. The molecule has 6 heteroatoms. The van der Waals surface area contributed by atoms with Crippen LogP contribution in [0.15, 0.2) is 18.2 Å². The van der Waals surface area contributed by atoms with E-state index in [-0.39, 0.29) is 17.5 Å². The van der Waals surface area contributed by atoms with Crippen LogP contribution in [0.2, 0.25) is 0 Å². The molecule has 1 aromatic rings. The number of benzene rings is 1. The molecule has 1 N–H and O–H groups in total. The predicted octanol–water partition coefficient (Wildman–Crippen LogP) is 1.79. The molecule has 1 rings (SSSR count). The highest BCUT2D eigenvalue weighted by Gasteiger charge is 2.14. The Morgan fingerprint density at radius 2 is 1.95 bits per heavy atom. The second kappa shape index (κ2) is 7.50. The molecule has 0 aliphatic heterocycles. The van der Waals surface area contributed by atoms with E-state index < -0.39 is 9.84 Å². The fourth-order valence-electron chi connectivity index (χ4n) is 1.86. The van der Waals surface area contributed by atoms with Gasteiger partial charge in [-0.05, 0) is 25.1 Å². The lowest BCUT2D eigenvalue weighted by Gasteiger charge is -2.18. The predicted molar refractivity (Wildman–Crippen MR) is 80.3 cm³/mol. The first-order valence-electron chi connectivity index (χ1n) is 6.59. The molecule has 1 atom stereocenters. The van der Waals surface area contributed by atoms with Crippen LogP contribution in [0.3, 0.4) is 0 Å². The summed E-state index contributed by atoms with van der Waals surface area (Å²) in [6.45, 7) is 4.04. The lowest BCUT2D eigenvalue weighted by Crippen LogP contribution is -2.26. The molecular formula is C14H23NO4S. The van der Waals surface area contributed by atoms with Crippen LogP contribution < -0.4 is 14.8 Å². The minimum atomic E-state index is -2.94. The molecule has 0 heterocycles. The van der Waals surface area contributed by atoms with Gasteiger partial charge < -0.3 is 14.8 Å². The topological polar surface area (TPSA) is 64.6 Å². The standard InChI is InChI=1S/C14H23NO4S/c1-5-20(16,17)9-8-15-11(2)13-10-12(18-3)6-7-14(13)19-4/h6-7,10-11,15H,5,8-9H2,1-4H3. The van der Waals surface area contributed by atoms with Crippen molar-refractivity contribution in [1.82, 2.24) is 5.32 Å². The summed E-state index contributed by atoms with van der Waals surface area (Å²) in [5.74, 6) is 1.81. The molecule has 0 saturated heterocycles. The van der Waals surface area contributed by atoms with E-state index in [9.17, 15) is 8.42 Å². The van der Waals surface area contributed by atoms with Gasteiger partial charge in [0, 0.05) is 23.9 Å². The lowest BCUT2D eigenvalue weighted by atomic mass is 10.1. The maximum atomic E-state index is 11.5. The van der Waals surface area contributed by atoms with Crippen LogP contribution in [0.25, 0.3) is 0 Å². The fraction of sp³-hybridized carbons (Fsp3) is 0.571. The summed E-state index contributed by atoms with van der Waals surface area (Å²) in [5.41, 5.74) is 0.945. The molecular weight excluding hydrogens is 278 g/mol. The van der Waals surface area contributed by atoms with Crippen LogP contribution in [0.1, 0.15) is 25.5 Å². The van der Waals surface area contributed by atoms with Gasteiger partial charge in [-0.15, -0.1) is 0 Å². The monoisotopic (exact) mass is 301 g/mol. The van der Waals surface area contributed by atoms with Crippen LogP contribution in [-0.4, -0.2) is 40.7 Å². The summed E-state index contributed by atoms with van der Waals surface area (Å²) in [6, 6.07) is 5.54. The summed E-state index contributed by atoms with van der Waals surface area (Å²) < 4.78 is 33.4. The third-order valence-electron chi connectivity index (χ3n) is 3.21. The van der Waals surface area contributed by atoms with Crippen molar-refractivity contribution in [1.29, 1.82) is 0 Å². The van der Waals surface area contributed by atoms with Gasteiger partial charge in [-0.2, -0.15) is 0 Å². The Balaban J connectivity index is 2.73. The molecule has 0 aliphatic rings. The molecule has 5 nitrogen and oxygen atoms in total. The molecule has 20 heavy (non-hydrogen) atoms. The van der Waals surface area contributed by atoms with Crippen molar-refractivity contribution in [2.24, 2.45) is 0 Å². The van der Waals surface area contributed by atoms with Crippen molar-refractivity contribution >= 4 is 9.84 Å². The molecule has 0 radical (unpaired) electrons. The third-order valence-corrected chi connectivity index (χ3v) is 4.91. The van der Waals surface area contributed by atoms with Crippen LogP contribution in [0.5, 0.6) is 11.5 Å². The molecule has 0 aromatic heterocycles. The molecule has 0 amide bonds.